The first-order valence-corrected chi connectivity index (χ1v) is 9.55. The van der Waals surface area contributed by atoms with Gasteiger partial charge < -0.3 is 14.8 Å². The van der Waals surface area contributed by atoms with Crippen molar-refractivity contribution in [2.75, 3.05) is 19.5 Å². The van der Waals surface area contributed by atoms with Gasteiger partial charge in [-0.3, -0.25) is 4.57 Å². The van der Waals surface area contributed by atoms with E-state index >= 15 is 0 Å². The van der Waals surface area contributed by atoms with Crippen molar-refractivity contribution in [2.45, 2.75) is 31.9 Å². The molecule has 0 aliphatic heterocycles. The zero-order valence-corrected chi connectivity index (χ0v) is 16.8. The molecule has 1 aliphatic carbocycles. The van der Waals surface area contributed by atoms with Gasteiger partial charge in [-0.15, -0.1) is 0 Å². The molecule has 0 saturated heterocycles. The quantitative estimate of drug-likeness (QED) is 0.703. The number of anilines is 1. The summed E-state index contributed by atoms with van der Waals surface area (Å²) in [7, 11) is 3.30. The Bertz CT molecular complexity index is 1090. The van der Waals surface area contributed by atoms with Gasteiger partial charge in [-0.05, 0) is 43.5 Å². The Morgan fingerprint density at radius 2 is 1.96 bits per heavy atom. The first-order chi connectivity index (χ1) is 13.5. The zero-order chi connectivity index (χ0) is 19.8. The highest BCUT2D eigenvalue weighted by Gasteiger charge is 2.30. The van der Waals surface area contributed by atoms with Crippen LogP contribution < -0.4 is 15.7 Å². The molecule has 0 radical (unpaired) electrons. The molecule has 146 valence electrons. The summed E-state index contributed by atoms with van der Waals surface area (Å²) in [6.07, 6.45) is 1.99. The van der Waals surface area contributed by atoms with Crippen LogP contribution in [0.5, 0.6) is 5.75 Å². The minimum Gasteiger partial charge on any atom is -0.496 e. The Balaban J connectivity index is 1.94. The maximum absolute atomic E-state index is 13.0. The molecule has 0 spiro atoms. The third-order valence-electron chi connectivity index (χ3n) is 5.27. The van der Waals surface area contributed by atoms with Crippen molar-refractivity contribution in [3.8, 4) is 11.4 Å². The lowest BCUT2D eigenvalue weighted by Gasteiger charge is -2.35. The molecule has 6 nitrogen and oxygen atoms in total. The number of nitrogens with zero attached hydrogens (tertiary/aromatic N) is 2. The highest BCUT2D eigenvalue weighted by atomic mass is 35.5. The fourth-order valence-corrected chi connectivity index (χ4v) is 3.87. The van der Waals surface area contributed by atoms with Gasteiger partial charge in [-0.2, -0.15) is 4.98 Å². The molecule has 0 atom stereocenters. The van der Waals surface area contributed by atoms with Crippen LogP contribution >= 0.6 is 11.6 Å². The third kappa shape index (κ3) is 3.23. The van der Waals surface area contributed by atoms with Crippen LogP contribution in [0.15, 0.2) is 41.2 Å². The van der Waals surface area contributed by atoms with Gasteiger partial charge in [-0.25, -0.2) is 4.79 Å². The molecule has 0 amide bonds. The average Bonchev–Trinajstić information content (AvgIpc) is 2.64. The number of halogens is 1. The third-order valence-corrected chi connectivity index (χ3v) is 5.49. The van der Waals surface area contributed by atoms with E-state index in [-0.39, 0.29) is 17.8 Å². The van der Waals surface area contributed by atoms with Gasteiger partial charge in [0.25, 0.3) is 0 Å². The average molecular weight is 400 g/mol. The molecule has 0 bridgehead atoms. The van der Waals surface area contributed by atoms with Crippen molar-refractivity contribution in [3.05, 3.63) is 57.5 Å². The maximum atomic E-state index is 13.0. The van der Waals surface area contributed by atoms with E-state index in [4.69, 9.17) is 21.1 Å². The number of methoxy groups -OCH3 is 2. The number of nitrogens with one attached hydrogen (secondary N) is 1. The number of hydrogen-bond acceptors (Lipinski definition) is 5. The molecule has 1 aromatic heterocycles. The van der Waals surface area contributed by atoms with Crippen molar-refractivity contribution >= 4 is 28.3 Å². The lowest BCUT2D eigenvalue weighted by molar-refractivity contribution is 0.0328. The predicted molar refractivity (Wildman–Crippen MR) is 111 cm³/mol. The minimum atomic E-state index is -0.365. The van der Waals surface area contributed by atoms with Gasteiger partial charge in [0.15, 0.2) is 0 Å². The van der Waals surface area contributed by atoms with Crippen molar-refractivity contribution in [3.63, 3.8) is 0 Å². The van der Waals surface area contributed by atoms with Gasteiger partial charge >= 0.3 is 5.69 Å². The van der Waals surface area contributed by atoms with E-state index in [1.807, 2.05) is 31.2 Å². The summed E-state index contributed by atoms with van der Waals surface area (Å²) in [5.74, 6) is 1.08. The van der Waals surface area contributed by atoms with Gasteiger partial charge in [0.05, 0.1) is 29.8 Å². The molecule has 1 N–H and O–H groups in total. The summed E-state index contributed by atoms with van der Waals surface area (Å²) in [5, 5.41) is 4.61. The summed E-state index contributed by atoms with van der Waals surface area (Å²) in [4.78, 5) is 17.4. The number of benzene rings is 2. The van der Waals surface area contributed by atoms with Gasteiger partial charge in [-0.1, -0.05) is 29.8 Å². The van der Waals surface area contributed by atoms with Gasteiger partial charge in [0.2, 0.25) is 0 Å². The Kier molecular flexibility index (Phi) is 5.00. The Morgan fingerprint density at radius 1 is 1.21 bits per heavy atom. The van der Waals surface area contributed by atoms with Crippen molar-refractivity contribution in [1.82, 2.24) is 9.55 Å². The SMILES string of the molecule is COc1cc(Cl)cc2c1c(NC1CC(OC)C1)nc(=O)n2-c1ccccc1C. The summed E-state index contributed by atoms with van der Waals surface area (Å²) < 4.78 is 12.5. The minimum absolute atomic E-state index is 0.203. The van der Waals surface area contributed by atoms with E-state index in [1.165, 1.54) is 0 Å². The van der Waals surface area contributed by atoms with Crippen LogP contribution in [0.2, 0.25) is 5.02 Å². The molecule has 1 heterocycles. The van der Waals surface area contributed by atoms with E-state index in [1.54, 1.807) is 30.9 Å². The van der Waals surface area contributed by atoms with Crippen LogP contribution in [0.4, 0.5) is 5.82 Å². The molecular formula is C21H22ClN3O3. The monoisotopic (exact) mass is 399 g/mol. The van der Waals surface area contributed by atoms with E-state index in [9.17, 15) is 4.79 Å². The van der Waals surface area contributed by atoms with Gasteiger partial charge in [0.1, 0.15) is 11.6 Å². The normalized spacial score (nSPS) is 18.7. The van der Waals surface area contributed by atoms with Crippen LogP contribution in [0.25, 0.3) is 16.6 Å². The smallest absolute Gasteiger partial charge is 0.354 e. The fourth-order valence-electron chi connectivity index (χ4n) is 3.67. The highest BCUT2D eigenvalue weighted by Crippen LogP contribution is 2.36. The Labute approximate surface area is 168 Å². The lowest BCUT2D eigenvalue weighted by atomic mass is 9.89. The predicted octanol–water partition coefficient (Wildman–Crippen LogP) is 3.95. The van der Waals surface area contributed by atoms with Crippen LogP contribution in [0.1, 0.15) is 18.4 Å². The van der Waals surface area contributed by atoms with E-state index in [0.29, 0.717) is 22.1 Å². The summed E-state index contributed by atoms with van der Waals surface area (Å²) in [5.41, 5.74) is 2.03. The number of hydrogen-bond donors (Lipinski definition) is 1. The topological polar surface area (TPSA) is 65.4 Å². The standard InChI is InChI=1S/C21H22ClN3O3/c1-12-6-4-5-7-16(12)25-17-8-13(22)9-18(28-3)19(17)20(24-21(25)26)23-14-10-15(11-14)27-2/h4-9,14-15H,10-11H2,1-3H3,(H,23,24,26). The van der Waals surface area contributed by atoms with Crippen molar-refractivity contribution in [2.24, 2.45) is 0 Å². The molecule has 0 unspecified atom stereocenters. The molecule has 7 heteroatoms. The molecule has 28 heavy (non-hydrogen) atoms. The zero-order valence-electron chi connectivity index (χ0n) is 16.0. The number of para-hydroxylation sites is 1. The molecule has 1 saturated carbocycles. The number of aryl methyl sites for hydroxylation is 1. The number of ether oxygens (including phenoxy) is 2. The first-order valence-electron chi connectivity index (χ1n) is 9.17. The second kappa shape index (κ2) is 7.45. The molecule has 3 aromatic rings. The van der Waals surface area contributed by atoms with E-state index in [2.05, 4.69) is 10.3 Å². The first kappa shape index (κ1) is 18.8. The summed E-state index contributed by atoms with van der Waals surface area (Å²) in [6, 6.07) is 11.4. The lowest BCUT2D eigenvalue weighted by Crippen LogP contribution is -2.41. The largest absolute Gasteiger partial charge is 0.496 e. The van der Waals surface area contributed by atoms with E-state index in [0.717, 1.165) is 29.5 Å². The van der Waals surface area contributed by atoms with Crippen LogP contribution in [-0.4, -0.2) is 35.9 Å². The van der Waals surface area contributed by atoms with Crippen molar-refractivity contribution in [1.29, 1.82) is 0 Å². The second-order valence-corrected chi connectivity index (χ2v) is 7.47. The molecule has 4 rings (SSSR count). The van der Waals surface area contributed by atoms with Gasteiger partial charge in [0, 0.05) is 18.2 Å². The number of rotatable bonds is 5. The van der Waals surface area contributed by atoms with Crippen molar-refractivity contribution < 1.29 is 9.47 Å². The number of aromatic nitrogens is 2. The highest BCUT2D eigenvalue weighted by molar-refractivity contribution is 6.31. The van der Waals surface area contributed by atoms with Crippen LogP contribution in [0.3, 0.4) is 0 Å². The summed E-state index contributed by atoms with van der Waals surface area (Å²) >= 11 is 6.34. The molecule has 1 aliphatic rings. The Hall–Kier alpha value is -2.57. The fraction of sp³-hybridized carbons (Fsp3) is 0.333. The molecular weight excluding hydrogens is 378 g/mol. The van der Waals surface area contributed by atoms with Crippen LogP contribution in [0, 0.1) is 6.92 Å². The maximum Gasteiger partial charge on any atom is 0.354 e. The second-order valence-electron chi connectivity index (χ2n) is 7.04. The Morgan fingerprint density at radius 3 is 2.64 bits per heavy atom. The van der Waals surface area contributed by atoms with E-state index < -0.39 is 0 Å². The van der Waals surface area contributed by atoms with Crippen LogP contribution in [-0.2, 0) is 4.74 Å². The number of fused-ring (bicyclic) bond motifs is 1. The molecule has 1 fully saturated rings. The molecule has 2 aromatic carbocycles. The summed E-state index contributed by atoms with van der Waals surface area (Å²) in [6.45, 7) is 1.96.